The van der Waals surface area contributed by atoms with Gasteiger partial charge in [-0.2, -0.15) is 26.3 Å². The number of nitrogens with one attached hydrogen (secondary N) is 1. The minimum absolute atomic E-state index is 0.418. The number of piperidine rings is 1. The average Bonchev–Trinajstić information content (AvgIpc) is 3.57. The Morgan fingerprint density at radius 3 is 1.95 bits per heavy atom. The molecule has 2 aromatic carbocycles. The van der Waals surface area contributed by atoms with Crippen LogP contribution in [0.25, 0.3) is 22.3 Å². The van der Waals surface area contributed by atoms with Crippen LogP contribution in [-0.2, 0) is 16.1 Å². The van der Waals surface area contributed by atoms with Crippen molar-refractivity contribution < 1.29 is 46.1 Å². The van der Waals surface area contributed by atoms with Gasteiger partial charge in [0.2, 0.25) is 0 Å². The molecule has 1 saturated heterocycles. The molecule has 0 bridgehead atoms. The number of hydrogen-bond donors (Lipinski definition) is 3. The highest BCUT2D eigenvalue weighted by Gasteiger charge is 2.38. The fourth-order valence-corrected chi connectivity index (χ4v) is 3.83. The first-order chi connectivity index (χ1) is 19.2. The second-order valence-corrected chi connectivity index (χ2v) is 8.76. The number of carboxylic acids is 2. The average molecular weight is 586 g/mol. The van der Waals surface area contributed by atoms with Gasteiger partial charge in [0.05, 0.1) is 29.8 Å². The molecule has 5 rings (SSSR count). The third kappa shape index (κ3) is 9.30. The number of rotatable bonds is 4. The summed E-state index contributed by atoms with van der Waals surface area (Å²) < 4.78 is 65.5. The number of carbonyl (C=O) groups is 2. The van der Waals surface area contributed by atoms with E-state index in [-0.39, 0.29) is 0 Å². The number of H-pyrrole nitrogens is 1. The second-order valence-electron chi connectivity index (χ2n) is 8.76. The van der Waals surface area contributed by atoms with Crippen LogP contribution in [0.4, 0.5) is 26.3 Å². The molecule has 41 heavy (non-hydrogen) atoms. The summed E-state index contributed by atoms with van der Waals surface area (Å²) in [7, 11) is 0. The molecule has 0 spiro atoms. The molecule has 3 N–H and O–H groups in total. The number of imidazole rings is 1. The first kappa shape index (κ1) is 31.1. The third-order valence-corrected chi connectivity index (χ3v) is 5.81. The number of halogens is 6. The van der Waals surface area contributed by atoms with E-state index in [2.05, 4.69) is 50.7 Å². The summed E-state index contributed by atoms with van der Waals surface area (Å²) in [5.74, 6) is -4.47. The van der Waals surface area contributed by atoms with Crippen molar-refractivity contribution in [3.05, 3.63) is 66.6 Å². The Balaban J connectivity index is 0.000000276. The molecular formula is C25H24F6N6O4. The zero-order valence-electron chi connectivity index (χ0n) is 21.1. The van der Waals surface area contributed by atoms with Gasteiger partial charge in [0.15, 0.2) is 0 Å². The Labute approximate surface area is 228 Å². The van der Waals surface area contributed by atoms with Gasteiger partial charge >= 0.3 is 24.3 Å². The van der Waals surface area contributed by atoms with E-state index in [1.807, 2.05) is 35.0 Å². The van der Waals surface area contributed by atoms with Gasteiger partial charge in [0.25, 0.3) is 0 Å². The van der Waals surface area contributed by atoms with Crippen molar-refractivity contribution in [2.75, 3.05) is 13.1 Å². The smallest absolute Gasteiger partial charge is 0.475 e. The number of likely N-dealkylation sites (tertiary alicyclic amines) is 1. The topological polar surface area (TPSA) is 137 Å². The first-order valence-electron chi connectivity index (χ1n) is 12.0. The van der Waals surface area contributed by atoms with Crippen molar-refractivity contribution in [1.82, 2.24) is 29.9 Å². The number of hydrogen-bond acceptors (Lipinski definition) is 6. The summed E-state index contributed by atoms with van der Waals surface area (Å²) in [6, 6.07) is 18.8. The SMILES string of the molecule is O=C(O)C(F)(F)F.O=C(O)C(F)(F)F.c1ccc(-c2cn(C3CCN(Cc4nc5ccccc5[nH]4)CC3)nn2)cc1. The van der Waals surface area contributed by atoms with Gasteiger partial charge < -0.3 is 15.2 Å². The predicted octanol–water partition coefficient (Wildman–Crippen LogP) is 4.93. The fraction of sp³-hybridized carbons (Fsp3) is 0.320. The summed E-state index contributed by atoms with van der Waals surface area (Å²) in [5.41, 5.74) is 4.21. The van der Waals surface area contributed by atoms with Crippen molar-refractivity contribution in [3.63, 3.8) is 0 Å². The van der Waals surface area contributed by atoms with Crippen molar-refractivity contribution >= 4 is 23.0 Å². The molecule has 4 aromatic rings. The van der Waals surface area contributed by atoms with Crippen molar-refractivity contribution in [2.24, 2.45) is 0 Å². The maximum Gasteiger partial charge on any atom is 0.490 e. The van der Waals surface area contributed by atoms with E-state index in [4.69, 9.17) is 24.8 Å². The van der Waals surface area contributed by atoms with Crippen LogP contribution in [0.1, 0.15) is 24.7 Å². The lowest BCUT2D eigenvalue weighted by Crippen LogP contribution is -2.34. The Kier molecular flexibility index (Phi) is 10.0. The number of benzene rings is 2. The standard InChI is InChI=1S/C21H22N6.2C2HF3O2/c1-2-6-16(7-3-1)20-14-27(25-24-20)17-10-12-26(13-11-17)15-21-22-18-8-4-5-9-19(18)23-21;2*3-2(4,5)1(6)7/h1-9,14,17H,10-13,15H2,(H,22,23);2*(H,6,7). The number of nitrogens with zero attached hydrogens (tertiary/aromatic N) is 5. The highest BCUT2D eigenvalue weighted by molar-refractivity contribution is 5.74. The second kappa shape index (κ2) is 13.3. The largest absolute Gasteiger partial charge is 0.490 e. The van der Waals surface area contributed by atoms with E-state index < -0.39 is 24.3 Å². The molecule has 1 aliphatic rings. The molecular weight excluding hydrogens is 562 g/mol. The molecule has 1 aliphatic heterocycles. The monoisotopic (exact) mass is 586 g/mol. The molecule has 3 heterocycles. The van der Waals surface area contributed by atoms with Crippen molar-refractivity contribution in [3.8, 4) is 11.3 Å². The van der Waals surface area contributed by atoms with Crippen LogP contribution in [0, 0.1) is 0 Å². The van der Waals surface area contributed by atoms with E-state index in [0.29, 0.717) is 6.04 Å². The fourth-order valence-electron chi connectivity index (χ4n) is 3.83. The number of alkyl halides is 6. The minimum Gasteiger partial charge on any atom is -0.475 e. The summed E-state index contributed by atoms with van der Waals surface area (Å²) in [6.45, 7) is 2.96. The van der Waals surface area contributed by atoms with Crippen LogP contribution in [0.2, 0.25) is 0 Å². The van der Waals surface area contributed by atoms with Gasteiger partial charge in [-0.25, -0.2) is 19.3 Å². The van der Waals surface area contributed by atoms with Gasteiger partial charge in [0.1, 0.15) is 11.5 Å². The lowest BCUT2D eigenvalue weighted by atomic mass is 10.1. The van der Waals surface area contributed by atoms with Gasteiger partial charge in [-0.1, -0.05) is 47.7 Å². The van der Waals surface area contributed by atoms with Crippen LogP contribution >= 0.6 is 0 Å². The number of aromatic nitrogens is 5. The number of aliphatic carboxylic acids is 2. The van der Waals surface area contributed by atoms with Crippen molar-refractivity contribution in [1.29, 1.82) is 0 Å². The molecule has 10 nitrogen and oxygen atoms in total. The summed E-state index contributed by atoms with van der Waals surface area (Å²) in [5, 5.41) is 23.0. The molecule has 0 aliphatic carbocycles. The molecule has 1 fully saturated rings. The van der Waals surface area contributed by atoms with E-state index >= 15 is 0 Å². The van der Waals surface area contributed by atoms with Crippen molar-refractivity contribution in [2.45, 2.75) is 37.8 Å². The molecule has 0 amide bonds. The zero-order chi connectivity index (χ0) is 30.2. The third-order valence-electron chi connectivity index (χ3n) is 5.81. The van der Waals surface area contributed by atoms with Crippen LogP contribution in [-0.4, -0.2) is 77.5 Å². The molecule has 0 radical (unpaired) electrons. The Morgan fingerprint density at radius 2 is 1.41 bits per heavy atom. The summed E-state index contributed by atoms with van der Waals surface area (Å²) in [6.07, 6.45) is -5.93. The van der Waals surface area contributed by atoms with Crippen LogP contribution in [0.5, 0.6) is 0 Å². The number of para-hydroxylation sites is 2. The summed E-state index contributed by atoms with van der Waals surface area (Å²) >= 11 is 0. The lowest BCUT2D eigenvalue weighted by Gasteiger charge is -2.31. The Bertz CT molecular complexity index is 1370. The van der Waals surface area contributed by atoms with E-state index in [1.54, 1.807) is 0 Å². The van der Waals surface area contributed by atoms with E-state index in [1.165, 1.54) is 0 Å². The molecule has 2 aromatic heterocycles. The van der Waals surface area contributed by atoms with Crippen LogP contribution in [0.3, 0.4) is 0 Å². The summed E-state index contributed by atoms with van der Waals surface area (Å²) in [4.78, 5) is 28.4. The predicted molar refractivity (Wildman–Crippen MR) is 132 cm³/mol. The van der Waals surface area contributed by atoms with Gasteiger partial charge in [0, 0.05) is 18.7 Å². The molecule has 0 unspecified atom stereocenters. The molecule has 220 valence electrons. The number of fused-ring (bicyclic) bond motifs is 1. The highest BCUT2D eigenvalue weighted by Crippen LogP contribution is 2.25. The Hall–Kier alpha value is -4.47. The maximum atomic E-state index is 10.6. The van der Waals surface area contributed by atoms with Gasteiger partial charge in [-0.3, -0.25) is 4.90 Å². The number of carboxylic acid groups (broad SMARTS) is 2. The number of aromatic amines is 1. The lowest BCUT2D eigenvalue weighted by molar-refractivity contribution is -0.193. The Morgan fingerprint density at radius 1 is 0.878 bits per heavy atom. The first-order valence-corrected chi connectivity index (χ1v) is 12.0. The van der Waals surface area contributed by atoms with Crippen LogP contribution in [0.15, 0.2) is 60.8 Å². The normalized spacial score (nSPS) is 14.5. The zero-order valence-corrected chi connectivity index (χ0v) is 21.1. The van der Waals surface area contributed by atoms with E-state index in [0.717, 1.165) is 60.6 Å². The quantitative estimate of drug-likeness (QED) is 0.287. The van der Waals surface area contributed by atoms with Gasteiger partial charge in [-0.05, 0) is 25.0 Å². The molecule has 16 heteroatoms. The van der Waals surface area contributed by atoms with Gasteiger partial charge in [-0.15, -0.1) is 5.10 Å². The van der Waals surface area contributed by atoms with E-state index in [9.17, 15) is 26.3 Å². The molecule has 0 atom stereocenters. The minimum atomic E-state index is -5.08. The molecule has 0 saturated carbocycles. The maximum absolute atomic E-state index is 10.6. The highest BCUT2D eigenvalue weighted by atomic mass is 19.4. The van der Waals surface area contributed by atoms with Crippen LogP contribution < -0.4 is 0 Å².